The van der Waals surface area contributed by atoms with E-state index in [1.807, 2.05) is 24.4 Å². The van der Waals surface area contributed by atoms with Crippen LogP contribution in [0, 0.1) is 0 Å². The summed E-state index contributed by atoms with van der Waals surface area (Å²) in [5.41, 5.74) is 7.09. The van der Waals surface area contributed by atoms with Crippen LogP contribution in [0.15, 0.2) is 59.1 Å². The van der Waals surface area contributed by atoms with E-state index in [2.05, 4.69) is 44.4 Å². The third kappa shape index (κ3) is 5.52. The van der Waals surface area contributed by atoms with Crippen LogP contribution in [0.3, 0.4) is 0 Å². The Balaban J connectivity index is 1.35. The molecule has 2 aromatic heterocycles. The van der Waals surface area contributed by atoms with Crippen LogP contribution in [-0.4, -0.2) is 50.9 Å². The molecule has 2 N–H and O–H groups in total. The van der Waals surface area contributed by atoms with Crippen molar-refractivity contribution in [3.05, 3.63) is 75.9 Å². The van der Waals surface area contributed by atoms with Crippen molar-refractivity contribution in [1.82, 2.24) is 19.9 Å². The number of rotatable bonds is 7. The molecule has 186 valence electrons. The Morgan fingerprint density at radius 3 is 2.78 bits per heavy atom. The van der Waals surface area contributed by atoms with Gasteiger partial charge in [-0.15, -0.1) is 11.3 Å². The molecule has 3 heterocycles. The summed E-state index contributed by atoms with van der Waals surface area (Å²) in [4.78, 5) is 20.2. The van der Waals surface area contributed by atoms with Crippen LogP contribution in [0.5, 0.6) is 0 Å². The molecular weight excluding hydrogens is 494 g/mol. The van der Waals surface area contributed by atoms with Crippen LogP contribution in [0.25, 0.3) is 21.5 Å². The van der Waals surface area contributed by atoms with E-state index in [1.54, 1.807) is 29.7 Å². The molecule has 0 aliphatic carbocycles. The van der Waals surface area contributed by atoms with E-state index in [0.717, 1.165) is 71.8 Å². The van der Waals surface area contributed by atoms with Gasteiger partial charge in [0.2, 0.25) is 0 Å². The van der Waals surface area contributed by atoms with Gasteiger partial charge in [0.25, 0.3) is 5.91 Å². The van der Waals surface area contributed by atoms with Crippen molar-refractivity contribution in [3.8, 4) is 10.6 Å². The van der Waals surface area contributed by atoms with Crippen LogP contribution in [0.1, 0.15) is 41.4 Å². The average molecular weight is 522 g/mol. The first-order chi connectivity index (χ1) is 17.5. The van der Waals surface area contributed by atoms with Crippen molar-refractivity contribution in [1.29, 1.82) is 0 Å². The monoisotopic (exact) mass is 521 g/mol. The maximum Gasteiger partial charge on any atom is 0.273 e. The van der Waals surface area contributed by atoms with Crippen LogP contribution in [-0.2, 0) is 13.1 Å². The fourth-order valence-corrected chi connectivity index (χ4v) is 5.40. The van der Waals surface area contributed by atoms with E-state index < -0.39 is 0 Å². The molecule has 36 heavy (non-hydrogen) atoms. The molecule has 0 bridgehead atoms. The number of aromatic nitrogens is 2. The number of hydrogen-bond donors (Lipinski definition) is 2. The lowest BCUT2D eigenvalue weighted by atomic mass is 10.1. The fourth-order valence-electron chi connectivity index (χ4n) is 4.47. The van der Waals surface area contributed by atoms with Gasteiger partial charge in [0.05, 0.1) is 23.6 Å². The third-order valence-corrected chi connectivity index (χ3v) is 7.65. The topological polar surface area (TPSA) is 82.8 Å². The van der Waals surface area contributed by atoms with Crippen molar-refractivity contribution in [2.24, 2.45) is 5.10 Å². The Bertz CT molecular complexity index is 1390. The minimum absolute atomic E-state index is 0.177. The number of aryl methyl sites for hydroxylation is 1. The zero-order valence-electron chi connectivity index (χ0n) is 20.0. The van der Waals surface area contributed by atoms with Crippen molar-refractivity contribution >= 4 is 46.0 Å². The quantitative estimate of drug-likeness (QED) is 0.260. The first-order valence-electron chi connectivity index (χ1n) is 12.1. The highest BCUT2D eigenvalue weighted by molar-refractivity contribution is 7.13. The third-order valence-electron chi connectivity index (χ3n) is 6.46. The van der Waals surface area contributed by atoms with Crippen LogP contribution < -0.4 is 5.43 Å². The second-order valence-electron chi connectivity index (χ2n) is 8.96. The van der Waals surface area contributed by atoms with Gasteiger partial charge in [-0.25, -0.2) is 10.4 Å². The van der Waals surface area contributed by atoms with Crippen molar-refractivity contribution in [2.45, 2.75) is 39.0 Å². The van der Waals surface area contributed by atoms with E-state index in [4.69, 9.17) is 16.6 Å². The highest BCUT2D eigenvalue weighted by atomic mass is 35.5. The Morgan fingerprint density at radius 1 is 1.25 bits per heavy atom. The van der Waals surface area contributed by atoms with E-state index in [1.165, 1.54) is 0 Å². The molecule has 2 aromatic carbocycles. The number of amides is 1. The molecule has 1 fully saturated rings. The Labute approximate surface area is 219 Å². The molecule has 1 saturated heterocycles. The lowest BCUT2D eigenvalue weighted by molar-refractivity contribution is 0.0787. The highest BCUT2D eigenvalue weighted by Gasteiger charge is 2.19. The molecule has 0 saturated carbocycles. The molecule has 4 aromatic rings. The number of thiazole rings is 1. The molecule has 9 heteroatoms. The van der Waals surface area contributed by atoms with Gasteiger partial charge in [-0.3, -0.25) is 9.69 Å². The highest BCUT2D eigenvalue weighted by Crippen LogP contribution is 2.30. The minimum Gasteiger partial charge on any atom is -0.393 e. The number of likely N-dealkylation sites (tertiary alicyclic amines) is 1. The van der Waals surface area contributed by atoms with Gasteiger partial charge in [-0.1, -0.05) is 23.7 Å². The minimum atomic E-state index is -0.262. The average Bonchev–Trinajstić information content (AvgIpc) is 3.51. The van der Waals surface area contributed by atoms with E-state index in [-0.39, 0.29) is 12.0 Å². The number of piperidine rings is 1. The summed E-state index contributed by atoms with van der Waals surface area (Å²) in [6.07, 6.45) is 4.93. The first kappa shape index (κ1) is 24.6. The molecule has 5 rings (SSSR count). The van der Waals surface area contributed by atoms with Gasteiger partial charge < -0.3 is 9.67 Å². The van der Waals surface area contributed by atoms with E-state index in [9.17, 15) is 9.90 Å². The number of nitrogens with zero attached hydrogens (tertiary/aromatic N) is 4. The lowest BCUT2D eigenvalue weighted by Gasteiger charge is -2.28. The number of carbonyl (C=O) groups excluding carboxylic acids is 1. The summed E-state index contributed by atoms with van der Waals surface area (Å²) in [5, 5.41) is 18.4. The van der Waals surface area contributed by atoms with Gasteiger partial charge in [0.1, 0.15) is 5.01 Å². The molecule has 1 aliphatic heterocycles. The number of aliphatic hydroxyl groups is 1. The van der Waals surface area contributed by atoms with Crippen molar-refractivity contribution in [2.75, 3.05) is 13.1 Å². The zero-order valence-corrected chi connectivity index (χ0v) is 21.6. The standard InChI is InChI=1S/C27H28ClN5O2S/c1-2-33-16-24(26(35)31-29-14-18-3-6-20(28)7-4-18)23-13-19(5-8-25(23)33)27-30-21(17-36-27)15-32-11-9-22(34)10-12-32/h3-8,13-14,16-17,22,34H,2,9-12,15H2,1H3,(H,31,35). The second kappa shape index (κ2) is 10.9. The van der Waals surface area contributed by atoms with Crippen LogP contribution in [0.2, 0.25) is 5.02 Å². The summed E-state index contributed by atoms with van der Waals surface area (Å²) in [6.45, 7) is 5.38. The molecule has 1 amide bonds. The molecular formula is C27H28ClN5O2S. The number of benzene rings is 2. The van der Waals surface area contributed by atoms with Gasteiger partial charge in [-0.2, -0.15) is 5.10 Å². The lowest BCUT2D eigenvalue weighted by Crippen LogP contribution is -2.35. The molecule has 0 radical (unpaired) electrons. The van der Waals surface area contributed by atoms with Crippen LogP contribution >= 0.6 is 22.9 Å². The summed E-state index contributed by atoms with van der Waals surface area (Å²) < 4.78 is 2.06. The SMILES string of the molecule is CCn1cc(C(=O)NN=Cc2ccc(Cl)cc2)c2cc(-c3nc(CN4CCC(O)CC4)cs3)ccc21. The number of fused-ring (bicyclic) bond motifs is 1. The summed E-state index contributed by atoms with van der Waals surface area (Å²) in [7, 11) is 0. The first-order valence-corrected chi connectivity index (χ1v) is 13.3. The smallest absolute Gasteiger partial charge is 0.273 e. The Morgan fingerprint density at radius 2 is 2.03 bits per heavy atom. The van der Waals surface area contributed by atoms with E-state index in [0.29, 0.717) is 10.6 Å². The molecule has 0 atom stereocenters. The molecule has 0 unspecified atom stereocenters. The second-order valence-corrected chi connectivity index (χ2v) is 10.3. The number of halogens is 1. The van der Waals surface area contributed by atoms with Gasteiger partial charge in [0, 0.05) is 59.2 Å². The predicted octanol–water partition coefficient (Wildman–Crippen LogP) is 5.16. The summed E-state index contributed by atoms with van der Waals surface area (Å²) in [6, 6.07) is 13.4. The maximum atomic E-state index is 13.0. The normalized spacial score (nSPS) is 15.2. The number of aliphatic hydroxyl groups excluding tert-OH is 1. The number of nitrogens with one attached hydrogen (secondary N) is 1. The van der Waals surface area contributed by atoms with Gasteiger partial charge in [0.15, 0.2) is 0 Å². The van der Waals surface area contributed by atoms with Gasteiger partial charge in [-0.05, 0) is 55.7 Å². The molecule has 0 spiro atoms. The number of hydrazone groups is 1. The van der Waals surface area contributed by atoms with Gasteiger partial charge >= 0.3 is 0 Å². The summed E-state index contributed by atoms with van der Waals surface area (Å²) >= 11 is 7.54. The largest absolute Gasteiger partial charge is 0.393 e. The fraction of sp³-hybridized carbons (Fsp3) is 0.296. The zero-order chi connectivity index (χ0) is 25.1. The molecule has 7 nitrogen and oxygen atoms in total. The number of carbonyl (C=O) groups is 1. The van der Waals surface area contributed by atoms with Crippen LogP contribution in [0.4, 0.5) is 0 Å². The van der Waals surface area contributed by atoms with Crippen molar-refractivity contribution in [3.63, 3.8) is 0 Å². The summed E-state index contributed by atoms with van der Waals surface area (Å²) in [5.74, 6) is -0.262. The van der Waals surface area contributed by atoms with Crippen molar-refractivity contribution < 1.29 is 9.90 Å². The Hall–Kier alpha value is -3.04. The number of hydrogen-bond acceptors (Lipinski definition) is 6. The maximum absolute atomic E-state index is 13.0. The molecule has 1 aliphatic rings. The predicted molar refractivity (Wildman–Crippen MR) is 146 cm³/mol. The Kier molecular flexibility index (Phi) is 7.48. The van der Waals surface area contributed by atoms with E-state index >= 15 is 0 Å².